The molecule has 0 aliphatic rings. The molecule has 4 aromatic carbocycles. The molecule has 0 atom stereocenters. The zero-order chi connectivity index (χ0) is 20.1. The fourth-order valence-electron chi connectivity index (χ4n) is 3.15. The average Bonchev–Trinajstić information content (AvgIpc) is 2.76. The Morgan fingerprint density at radius 1 is 0.793 bits per heavy atom. The van der Waals surface area contributed by atoms with Crippen molar-refractivity contribution in [3.63, 3.8) is 0 Å². The van der Waals surface area contributed by atoms with E-state index in [2.05, 4.69) is 17.4 Å². The normalized spacial score (nSPS) is 10.5. The van der Waals surface area contributed by atoms with Gasteiger partial charge in [0, 0.05) is 11.1 Å². The molecule has 0 saturated heterocycles. The molecule has 0 radical (unpaired) electrons. The zero-order valence-corrected chi connectivity index (χ0v) is 16.1. The fraction of sp³-hybridized carbons (Fsp3) is 0.0800. The van der Waals surface area contributed by atoms with Crippen LogP contribution in [0.2, 0.25) is 0 Å². The molecule has 4 rings (SSSR count). The molecule has 144 valence electrons. The number of carbonyl (C=O) groups is 1. The number of rotatable bonds is 6. The SMILES string of the molecule is COc1ccc(CC(=O)Nc2ccc(Oc3cccc4ccccc34)cc2)cc1. The van der Waals surface area contributed by atoms with Crippen LogP contribution in [0, 0.1) is 0 Å². The number of ether oxygens (including phenoxy) is 2. The van der Waals surface area contributed by atoms with Gasteiger partial charge in [0.05, 0.1) is 13.5 Å². The van der Waals surface area contributed by atoms with Crippen molar-refractivity contribution in [1.29, 1.82) is 0 Å². The van der Waals surface area contributed by atoms with E-state index in [0.717, 1.165) is 39.3 Å². The summed E-state index contributed by atoms with van der Waals surface area (Å²) in [4.78, 5) is 12.3. The topological polar surface area (TPSA) is 47.6 Å². The summed E-state index contributed by atoms with van der Waals surface area (Å²) >= 11 is 0. The monoisotopic (exact) mass is 383 g/mol. The van der Waals surface area contributed by atoms with E-state index in [9.17, 15) is 4.79 Å². The third kappa shape index (κ3) is 4.55. The first-order valence-corrected chi connectivity index (χ1v) is 9.40. The molecule has 4 aromatic rings. The number of benzene rings is 4. The third-order valence-corrected chi connectivity index (χ3v) is 4.64. The van der Waals surface area contributed by atoms with E-state index in [4.69, 9.17) is 9.47 Å². The standard InChI is InChI=1S/C25H21NO3/c1-28-21-13-9-18(10-14-21)17-25(27)26-20-11-15-22(16-12-20)29-24-8-4-6-19-5-2-3-7-23(19)24/h2-16H,17H2,1H3,(H,26,27). The Morgan fingerprint density at radius 2 is 1.48 bits per heavy atom. The van der Waals surface area contributed by atoms with E-state index in [1.165, 1.54) is 0 Å². The summed E-state index contributed by atoms with van der Waals surface area (Å²) in [6, 6.07) is 29.0. The smallest absolute Gasteiger partial charge is 0.228 e. The predicted molar refractivity (Wildman–Crippen MR) is 116 cm³/mol. The molecule has 1 N–H and O–H groups in total. The maximum absolute atomic E-state index is 12.3. The summed E-state index contributed by atoms with van der Waals surface area (Å²) in [5, 5.41) is 5.11. The first-order chi connectivity index (χ1) is 14.2. The molecule has 0 bridgehead atoms. The minimum absolute atomic E-state index is 0.0714. The van der Waals surface area contributed by atoms with Crippen LogP contribution in [0.5, 0.6) is 17.2 Å². The Bertz CT molecular complexity index is 1110. The predicted octanol–water partition coefficient (Wildman–Crippen LogP) is 5.82. The van der Waals surface area contributed by atoms with Crippen molar-refractivity contribution in [2.24, 2.45) is 0 Å². The molecule has 0 spiro atoms. The van der Waals surface area contributed by atoms with E-state index >= 15 is 0 Å². The van der Waals surface area contributed by atoms with Crippen LogP contribution < -0.4 is 14.8 Å². The Labute approximate surface area is 169 Å². The van der Waals surface area contributed by atoms with Crippen LogP contribution in [0.4, 0.5) is 5.69 Å². The van der Waals surface area contributed by atoms with Gasteiger partial charge in [-0.15, -0.1) is 0 Å². The van der Waals surface area contributed by atoms with Gasteiger partial charge in [0.1, 0.15) is 17.2 Å². The van der Waals surface area contributed by atoms with E-state index < -0.39 is 0 Å². The quantitative estimate of drug-likeness (QED) is 0.456. The summed E-state index contributed by atoms with van der Waals surface area (Å²) in [6.07, 6.45) is 0.304. The highest BCUT2D eigenvalue weighted by Gasteiger charge is 2.06. The van der Waals surface area contributed by atoms with Crippen LogP contribution >= 0.6 is 0 Å². The molecule has 0 unspecified atom stereocenters. The van der Waals surface area contributed by atoms with Crippen LogP contribution in [-0.4, -0.2) is 13.0 Å². The Hall–Kier alpha value is -3.79. The van der Waals surface area contributed by atoms with Crippen LogP contribution in [0.25, 0.3) is 10.8 Å². The molecule has 29 heavy (non-hydrogen) atoms. The van der Waals surface area contributed by atoms with E-state index in [-0.39, 0.29) is 5.91 Å². The minimum Gasteiger partial charge on any atom is -0.497 e. The number of hydrogen-bond donors (Lipinski definition) is 1. The van der Waals surface area contributed by atoms with Gasteiger partial charge in [0.25, 0.3) is 0 Å². The van der Waals surface area contributed by atoms with Gasteiger partial charge in [0.2, 0.25) is 5.91 Å². The molecule has 0 aliphatic carbocycles. The molecule has 4 heteroatoms. The number of fused-ring (bicyclic) bond motifs is 1. The Morgan fingerprint density at radius 3 is 2.24 bits per heavy atom. The van der Waals surface area contributed by atoms with Crippen LogP contribution in [0.1, 0.15) is 5.56 Å². The molecule has 1 amide bonds. The molecule has 0 fully saturated rings. The first-order valence-electron chi connectivity index (χ1n) is 9.40. The van der Waals surface area contributed by atoms with Gasteiger partial charge in [0.15, 0.2) is 0 Å². The molecule has 4 nitrogen and oxygen atoms in total. The number of hydrogen-bond acceptors (Lipinski definition) is 3. The number of amides is 1. The van der Waals surface area contributed by atoms with Crippen molar-refractivity contribution in [2.45, 2.75) is 6.42 Å². The van der Waals surface area contributed by atoms with Gasteiger partial charge in [-0.05, 0) is 53.4 Å². The third-order valence-electron chi connectivity index (χ3n) is 4.64. The van der Waals surface area contributed by atoms with Crippen molar-refractivity contribution < 1.29 is 14.3 Å². The van der Waals surface area contributed by atoms with Gasteiger partial charge in [-0.2, -0.15) is 0 Å². The molecule has 0 aromatic heterocycles. The van der Waals surface area contributed by atoms with Gasteiger partial charge in [-0.1, -0.05) is 48.5 Å². The van der Waals surface area contributed by atoms with E-state index in [1.54, 1.807) is 7.11 Å². The minimum atomic E-state index is -0.0714. The second-order valence-corrected chi connectivity index (χ2v) is 6.68. The van der Waals surface area contributed by atoms with Gasteiger partial charge in [-0.25, -0.2) is 0 Å². The number of methoxy groups -OCH3 is 1. The van der Waals surface area contributed by atoms with Gasteiger partial charge < -0.3 is 14.8 Å². The van der Waals surface area contributed by atoms with Crippen molar-refractivity contribution in [3.05, 3.63) is 96.6 Å². The van der Waals surface area contributed by atoms with Crippen LogP contribution in [0.3, 0.4) is 0 Å². The number of nitrogens with one attached hydrogen (secondary N) is 1. The Balaban J connectivity index is 1.40. The lowest BCUT2D eigenvalue weighted by Gasteiger charge is -2.10. The molecule has 0 heterocycles. The van der Waals surface area contributed by atoms with Gasteiger partial charge in [-0.3, -0.25) is 4.79 Å². The summed E-state index contributed by atoms with van der Waals surface area (Å²) in [5.74, 6) is 2.22. The summed E-state index contributed by atoms with van der Waals surface area (Å²) in [7, 11) is 1.62. The molecule has 0 aliphatic heterocycles. The highest BCUT2D eigenvalue weighted by Crippen LogP contribution is 2.30. The lowest BCUT2D eigenvalue weighted by atomic mass is 10.1. The first kappa shape index (κ1) is 18.6. The number of anilines is 1. The largest absolute Gasteiger partial charge is 0.497 e. The van der Waals surface area contributed by atoms with Crippen LogP contribution in [-0.2, 0) is 11.2 Å². The van der Waals surface area contributed by atoms with E-state index in [1.807, 2.05) is 78.9 Å². The van der Waals surface area contributed by atoms with Crippen molar-refractivity contribution in [1.82, 2.24) is 0 Å². The maximum atomic E-state index is 12.3. The lowest BCUT2D eigenvalue weighted by Crippen LogP contribution is -2.14. The van der Waals surface area contributed by atoms with Crippen molar-refractivity contribution in [3.8, 4) is 17.2 Å². The summed E-state index contributed by atoms with van der Waals surface area (Å²) in [6.45, 7) is 0. The highest BCUT2D eigenvalue weighted by molar-refractivity contribution is 5.92. The van der Waals surface area contributed by atoms with Gasteiger partial charge >= 0.3 is 0 Å². The number of carbonyl (C=O) groups excluding carboxylic acids is 1. The summed E-state index contributed by atoms with van der Waals surface area (Å²) < 4.78 is 11.2. The zero-order valence-electron chi connectivity index (χ0n) is 16.1. The second kappa shape index (κ2) is 8.48. The maximum Gasteiger partial charge on any atom is 0.228 e. The Kier molecular flexibility index (Phi) is 5.43. The average molecular weight is 383 g/mol. The van der Waals surface area contributed by atoms with E-state index in [0.29, 0.717) is 6.42 Å². The fourth-order valence-corrected chi connectivity index (χ4v) is 3.15. The molecular formula is C25H21NO3. The molecular weight excluding hydrogens is 362 g/mol. The highest BCUT2D eigenvalue weighted by atomic mass is 16.5. The molecule has 0 saturated carbocycles. The van der Waals surface area contributed by atoms with Crippen LogP contribution in [0.15, 0.2) is 91.0 Å². The second-order valence-electron chi connectivity index (χ2n) is 6.68. The van der Waals surface area contributed by atoms with Crippen molar-refractivity contribution in [2.75, 3.05) is 12.4 Å². The lowest BCUT2D eigenvalue weighted by molar-refractivity contribution is -0.115. The van der Waals surface area contributed by atoms with Crippen molar-refractivity contribution >= 4 is 22.4 Å². The summed E-state index contributed by atoms with van der Waals surface area (Å²) in [5.41, 5.74) is 1.66.